The third-order valence-corrected chi connectivity index (χ3v) is 10.5. The molecule has 0 amide bonds. The average Bonchev–Trinajstić information content (AvgIpc) is 3.57. The minimum absolute atomic E-state index is 0. The van der Waals surface area contributed by atoms with Crippen molar-refractivity contribution in [2.75, 3.05) is 55.5 Å². The lowest BCUT2D eigenvalue weighted by atomic mass is 10.1. The smallest absolute Gasteiger partial charge is 0.337 e. The minimum Gasteiger partial charge on any atom is -0.504 e. The van der Waals surface area contributed by atoms with Crippen LogP contribution in [0.4, 0.5) is 5.69 Å². The maximum Gasteiger partial charge on any atom is 0.337 e. The van der Waals surface area contributed by atoms with Gasteiger partial charge >= 0.3 is 17.9 Å². The molecule has 9 aromatic rings. The van der Waals surface area contributed by atoms with Crippen molar-refractivity contribution in [2.24, 2.45) is 0 Å². The van der Waals surface area contributed by atoms with Crippen molar-refractivity contribution in [3.8, 4) is 57.5 Å². The highest BCUT2D eigenvalue weighted by Crippen LogP contribution is 2.35. The number of aromatic hydroxyl groups is 1. The lowest BCUT2D eigenvalue weighted by Gasteiger charge is -2.09. The number of fused-ring (bicyclic) bond motifs is 4. The third-order valence-electron chi connectivity index (χ3n) is 10.2. The van der Waals surface area contributed by atoms with Gasteiger partial charge in [-0.05, 0) is 24.3 Å². The molecule has 0 aliphatic carbocycles. The molecule has 4 aromatic heterocycles. The summed E-state index contributed by atoms with van der Waals surface area (Å²) in [6.45, 7) is 2.59. The second-order valence-electron chi connectivity index (χ2n) is 15.1. The number of carboxylic acids is 1. The number of carbonyl (C=O) groups excluding carboxylic acids is 2. The predicted molar refractivity (Wildman–Crippen MR) is 308 cm³/mol. The fourth-order valence-corrected chi connectivity index (χ4v) is 6.81. The number of esters is 2. The van der Waals surface area contributed by atoms with Crippen LogP contribution in [-0.2, 0) is 18.8 Å². The number of phenolic OH excluding ortho intramolecular Hbond substituents is 1. The maximum absolute atomic E-state index is 11.5. The molecule has 438 valence electrons. The summed E-state index contributed by atoms with van der Waals surface area (Å²) in [6, 6.07) is 15.1. The van der Waals surface area contributed by atoms with Gasteiger partial charge in [-0.3, -0.25) is 24.0 Å². The van der Waals surface area contributed by atoms with Gasteiger partial charge in [-0.1, -0.05) is 19.0 Å². The first-order valence-corrected chi connectivity index (χ1v) is 25.5. The molecule has 7 N–H and O–H groups in total. The lowest BCUT2D eigenvalue weighted by Crippen LogP contribution is -2.08. The van der Waals surface area contributed by atoms with Gasteiger partial charge in [0.05, 0.1) is 118 Å². The molecule has 0 aliphatic heterocycles. The molecule has 27 nitrogen and oxygen atoms in total. The average molecular weight is 1220 g/mol. The second-order valence-corrected chi connectivity index (χ2v) is 18.0. The predicted octanol–water partition coefficient (Wildman–Crippen LogP) is 7.56. The van der Waals surface area contributed by atoms with Gasteiger partial charge in [-0.2, -0.15) is 0 Å². The molecule has 9 rings (SSSR count). The number of carbonyl (C=O) groups is 3. The van der Waals surface area contributed by atoms with E-state index in [1.807, 2.05) is 0 Å². The Morgan fingerprint density at radius 3 is 1.22 bits per heavy atom. The van der Waals surface area contributed by atoms with E-state index >= 15 is 0 Å². The first kappa shape index (κ1) is 66.8. The van der Waals surface area contributed by atoms with E-state index < -0.39 is 27.1 Å². The molecule has 0 radical (unpaired) electrons. The standard InChI is InChI=1S/C11H9ClN2O3.C11H10N2O4.C10H10N2O3.C9H8N2O3.C9H11NO4.CH4.Cl2OS.H2/c1-6(15)17-10-3-7-8(4-9(10)16-2)13-5-14-11(7)12;1-6(14)17-10-3-7-8(4-9(10)16-2)12-5-13-11(7)15;1-14-8-3-6-7(4-9(8)15-2)11-5-12-10(6)13;1-14-8-3-6-5(2-7(8)12)9(13)11-4-10-6;1-13-7-3-5(9(11)12)6(10)4-8(7)14-2;;1-4(2)3;/h3-5H,1-2H3;3-5H,1-2H3,(H,12,13,15);3-5H,1-2H3,(H,11,12,13);2-4,12H,1H3,(H,10,11,13);3-4H,10H2,1-2H3,(H,11,12);1H4;;1H/i;;;;;;;1+1. The molecule has 0 aliphatic rings. The van der Waals surface area contributed by atoms with Crippen molar-refractivity contribution in [1.82, 2.24) is 39.9 Å². The molecule has 0 saturated heterocycles. The Bertz CT molecular complexity index is 3930. The van der Waals surface area contributed by atoms with Gasteiger partial charge in [0.1, 0.15) is 11.5 Å². The molecular weight excluding hydrogens is 1170 g/mol. The summed E-state index contributed by atoms with van der Waals surface area (Å²) < 4.78 is 54.2. The van der Waals surface area contributed by atoms with Crippen LogP contribution in [0.2, 0.25) is 5.15 Å². The number of ether oxygens (including phenoxy) is 9. The van der Waals surface area contributed by atoms with Crippen LogP contribution in [-0.4, -0.2) is 122 Å². The molecule has 0 atom stereocenters. The van der Waals surface area contributed by atoms with Crippen LogP contribution in [0, 0.1) is 0 Å². The first-order chi connectivity index (χ1) is 38.5. The van der Waals surface area contributed by atoms with Gasteiger partial charge in [0.2, 0.25) is 9.23 Å². The van der Waals surface area contributed by atoms with Gasteiger partial charge in [0.15, 0.2) is 57.5 Å². The van der Waals surface area contributed by atoms with E-state index in [-0.39, 0.29) is 48.3 Å². The van der Waals surface area contributed by atoms with Crippen molar-refractivity contribution in [3.63, 3.8) is 0 Å². The van der Waals surface area contributed by atoms with Crippen LogP contribution in [0.3, 0.4) is 0 Å². The molecule has 0 fully saturated rings. The summed E-state index contributed by atoms with van der Waals surface area (Å²) in [5, 5.41) is 20.3. The number of nitrogens with two attached hydrogens (primary N) is 1. The number of anilines is 1. The van der Waals surface area contributed by atoms with Crippen molar-refractivity contribution in [2.45, 2.75) is 21.3 Å². The number of halogens is 3. The summed E-state index contributed by atoms with van der Waals surface area (Å²) in [7, 11) is 17.7. The molecule has 4 heterocycles. The molecule has 5 aromatic carbocycles. The molecule has 31 heteroatoms. The van der Waals surface area contributed by atoms with Crippen molar-refractivity contribution < 1.29 is 72.9 Å². The largest absolute Gasteiger partial charge is 0.504 e. The normalized spacial score (nSPS) is 9.96. The van der Waals surface area contributed by atoms with E-state index in [2.05, 4.69) is 61.2 Å². The van der Waals surface area contributed by atoms with E-state index in [0.717, 1.165) is 0 Å². The van der Waals surface area contributed by atoms with E-state index in [4.69, 9.17) is 69.3 Å². The molecule has 0 unspecified atom stereocenters. The number of phenols is 1. The van der Waals surface area contributed by atoms with Crippen LogP contribution in [0.15, 0.2) is 100 Å². The molecule has 0 saturated carbocycles. The Labute approximate surface area is 482 Å². The van der Waals surface area contributed by atoms with Crippen molar-refractivity contribution in [1.29, 1.82) is 0 Å². The second kappa shape index (κ2) is 31.9. The number of nitrogens with one attached hydrogen (secondary N) is 3. The summed E-state index contributed by atoms with van der Waals surface area (Å²) in [5.74, 6) is 1.32. The maximum atomic E-state index is 11.5. The molecule has 82 heavy (non-hydrogen) atoms. The Hall–Kier alpha value is -9.51. The number of nitrogen functional groups attached to an aromatic ring is 1. The van der Waals surface area contributed by atoms with Crippen LogP contribution >= 0.6 is 33.0 Å². The Kier molecular flexibility index (Phi) is 26.0. The van der Waals surface area contributed by atoms with Gasteiger partial charge < -0.3 is 73.5 Å². The number of hydrogen-bond acceptors (Lipinski definition) is 23. The van der Waals surface area contributed by atoms with Gasteiger partial charge in [-0.25, -0.2) is 33.9 Å². The van der Waals surface area contributed by atoms with E-state index in [9.17, 15) is 33.9 Å². The summed E-state index contributed by atoms with van der Waals surface area (Å²) in [5.41, 5.74) is 7.04. The third kappa shape index (κ3) is 18.3. The summed E-state index contributed by atoms with van der Waals surface area (Å²) in [6.07, 6.45) is 5.32. The number of rotatable bonds is 10. The van der Waals surface area contributed by atoms with Crippen molar-refractivity contribution in [3.05, 3.63) is 128 Å². The van der Waals surface area contributed by atoms with Gasteiger partial charge in [0, 0.05) is 78.4 Å². The number of benzene rings is 5. The lowest BCUT2D eigenvalue weighted by molar-refractivity contribution is -0.132. The summed E-state index contributed by atoms with van der Waals surface area (Å²) >= 11 is 5.93. The van der Waals surface area contributed by atoms with Gasteiger partial charge in [0.25, 0.3) is 16.7 Å². The number of carboxylic acid groups (broad SMARTS) is 1. The molecular formula is C51H54Cl3N9O18S. The fraction of sp³-hybridized carbons (Fsp3) is 0.196. The highest BCUT2D eigenvalue weighted by molar-refractivity contribution is 8.26. The highest BCUT2D eigenvalue weighted by Gasteiger charge is 2.16. The molecule has 0 spiro atoms. The number of nitrogens with zero attached hydrogens (tertiary/aromatic N) is 5. The van der Waals surface area contributed by atoms with E-state index in [0.29, 0.717) is 94.8 Å². The van der Waals surface area contributed by atoms with Gasteiger partial charge in [-0.15, -0.1) is 0 Å². The zero-order valence-corrected chi connectivity index (χ0v) is 46.9. The molecule has 0 bridgehead atoms. The van der Waals surface area contributed by atoms with E-state index in [1.54, 1.807) is 30.3 Å². The number of aromatic amines is 3. The number of hydrogen-bond donors (Lipinski definition) is 6. The number of methoxy groups -OCH3 is 7. The van der Waals surface area contributed by atoms with Crippen LogP contribution in [0.5, 0.6) is 57.5 Å². The number of H-pyrrole nitrogens is 3. The zero-order valence-electron chi connectivity index (χ0n) is 43.9. The zero-order chi connectivity index (χ0) is 60.1. The Morgan fingerprint density at radius 1 is 0.512 bits per heavy atom. The first-order valence-electron chi connectivity index (χ1n) is 22.3. The van der Waals surface area contributed by atoms with E-state index in [1.165, 1.54) is 119 Å². The summed E-state index contributed by atoms with van der Waals surface area (Å²) in [4.78, 5) is 94.1. The van der Waals surface area contributed by atoms with Crippen LogP contribution in [0.1, 0.15) is 33.1 Å². The fourth-order valence-electron chi connectivity index (χ4n) is 6.62. The Morgan fingerprint density at radius 2 is 0.829 bits per heavy atom. The monoisotopic (exact) mass is 1220 g/mol. The quantitative estimate of drug-likeness (QED) is 0.0253. The minimum atomic E-state index is -1.67. The van der Waals surface area contributed by atoms with Crippen LogP contribution < -0.4 is 65.0 Å². The van der Waals surface area contributed by atoms with Crippen LogP contribution in [0.25, 0.3) is 43.6 Å². The number of aromatic nitrogens is 8. The van der Waals surface area contributed by atoms with Crippen molar-refractivity contribution >= 4 is 109 Å². The Balaban J connectivity index is 0.000000347. The number of aromatic carboxylic acids is 1. The SMILES string of the molecule is C.COc1cc(N)c(C(=O)O)cc1OC.COc1cc2nc[nH]c(=O)c2cc1O.COc1cc2nc[nH]c(=O)c2cc1OC.COc1cc2nc[nH]c(=O)c2cc1OC(C)=O.COc1cc2ncnc(Cl)c2cc1OC(C)=O.O=S(Cl)Cl.[2HH]. The topological polar surface area (TPSA) is 381 Å². The highest BCUT2D eigenvalue weighted by atomic mass is 36.0.